The number of rotatable bonds is 4. The van der Waals surface area contributed by atoms with Gasteiger partial charge in [-0.15, -0.1) is 4.36 Å². The summed E-state index contributed by atoms with van der Waals surface area (Å²) >= 11 is 0. The van der Waals surface area contributed by atoms with Crippen LogP contribution in [0.25, 0.3) is 0 Å². The zero-order valence-electron chi connectivity index (χ0n) is 18.1. The van der Waals surface area contributed by atoms with Crippen molar-refractivity contribution in [1.29, 1.82) is 0 Å². The minimum atomic E-state index is -3.74. The number of hydrogen-bond donors (Lipinski definition) is 2. The van der Waals surface area contributed by atoms with Crippen LogP contribution in [0, 0.1) is 5.82 Å². The first-order valence-corrected chi connectivity index (χ1v) is 12.1. The van der Waals surface area contributed by atoms with Crippen LogP contribution in [0.15, 0.2) is 27.5 Å². The SMILES string of the molecule is CC1CCc2c1nc1c(c2NC(=O)N=S(N)(=O)c2ccc(CN(C)C)cc2F)CCC1. The van der Waals surface area contributed by atoms with Crippen LogP contribution in [0.1, 0.15) is 53.8 Å². The van der Waals surface area contributed by atoms with E-state index >= 15 is 0 Å². The summed E-state index contributed by atoms with van der Waals surface area (Å²) in [5.41, 5.74) is 5.53. The molecule has 9 heteroatoms. The lowest BCUT2D eigenvalue weighted by atomic mass is 10.0. The van der Waals surface area contributed by atoms with Crippen LogP contribution in [0.5, 0.6) is 0 Å². The van der Waals surface area contributed by atoms with Gasteiger partial charge in [0.2, 0.25) is 0 Å². The van der Waals surface area contributed by atoms with E-state index in [2.05, 4.69) is 16.6 Å². The Labute approximate surface area is 182 Å². The van der Waals surface area contributed by atoms with Gasteiger partial charge in [-0.2, -0.15) is 0 Å². The highest BCUT2D eigenvalue weighted by molar-refractivity contribution is 7.91. The fraction of sp³-hybridized carbons (Fsp3) is 0.455. The summed E-state index contributed by atoms with van der Waals surface area (Å²) in [5, 5.41) is 8.64. The first-order valence-electron chi connectivity index (χ1n) is 10.5. The summed E-state index contributed by atoms with van der Waals surface area (Å²) in [5.74, 6) is -0.398. The van der Waals surface area contributed by atoms with Crippen molar-refractivity contribution in [2.24, 2.45) is 9.50 Å². The van der Waals surface area contributed by atoms with Gasteiger partial charge in [0.05, 0.1) is 10.6 Å². The van der Waals surface area contributed by atoms with Gasteiger partial charge in [0.25, 0.3) is 0 Å². The van der Waals surface area contributed by atoms with Gasteiger partial charge < -0.3 is 10.2 Å². The van der Waals surface area contributed by atoms with E-state index in [1.165, 1.54) is 12.1 Å². The minimum Gasteiger partial charge on any atom is -0.305 e. The molecule has 1 aromatic heterocycles. The van der Waals surface area contributed by atoms with Crippen LogP contribution in [0.4, 0.5) is 14.9 Å². The summed E-state index contributed by atoms with van der Waals surface area (Å²) < 4.78 is 31.2. The average Bonchev–Trinajstić information content (AvgIpc) is 3.27. The summed E-state index contributed by atoms with van der Waals surface area (Å²) in [4.78, 5) is 19.2. The molecule has 1 heterocycles. The molecule has 4 rings (SSSR count). The monoisotopic (exact) mass is 445 g/mol. The van der Waals surface area contributed by atoms with Crippen molar-refractivity contribution >= 4 is 21.6 Å². The molecule has 0 radical (unpaired) electrons. The third kappa shape index (κ3) is 4.35. The number of anilines is 1. The number of fused-ring (bicyclic) bond motifs is 2. The van der Waals surface area contributed by atoms with Gasteiger partial charge in [-0.3, -0.25) is 4.98 Å². The summed E-state index contributed by atoms with van der Waals surface area (Å²) in [6.45, 7) is 2.66. The van der Waals surface area contributed by atoms with E-state index in [4.69, 9.17) is 10.1 Å². The number of nitrogens with two attached hydrogens (primary N) is 1. The fourth-order valence-electron chi connectivity index (χ4n) is 4.50. The Balaban J connectivity index is 1.65. The third-order valence-electron chi connectivity index (χ3n) is 5.91. The van der Waals surface area contributed by atoms with Crippen LogP contribution in [-0.4, -0.2) is 34.2 Å². The molecule has 0 fully saturated rings. The average molecular weight is 446 g/mol. The van der Waals surface area contributed by atoms with E-state index in [-0.39, 0.29) is 4.90 Å². The van der Waals surface area contributed by atoms with Crippen LogP contribution in [0.3, 0.4) is 0 Å². The van der Waals surface area contributed by atoms with Crippen molar-refractivity contribution < 1.29 is 13.4 Å². The Morgan fingerprint density at radius 3 is 2.81 bits per heavy atom. The highest BCUT2D eigenvalue weighted by Crippen LogP contribution is 2.41. The molecule has 2 aromatic rings. The molecule has 2 unspecified atom stereocenters. The number of carbonyl (C=O) groups excluding carboxylic acids is 1. The predicted octanol–water partition coefficient (Wildman–Crippen LogP) is 3.75. The Kier molecular flexibility index (Phi) is 5.85. The van der Waals surface area contributed by atoms with Gasteiger partial charge in [-0.1, -0.05) is 13.0 Å². The Morgan fingerprint density at radius 1 is 1.32 bits per heavy atom. The zero-order valence-corrected chi connectivity index (χ0v) is 18.9. The molecule has 31 heavy (non-hydrogen) atoms. The number of aryl methyl sites for hydroxylation is 1. The zero-order chi connectivity index (χ0) is 22.3. The van der Waals surface area contributed by atoms with Gasteiger partial charge in [0.15, 0.2) is 0 Å². The second-order valence-corrected chi connectivity index (χ2v) is 10.4. The Hall–Kier alpha value is -2.36. The largest absolute Gasteiger partial charge is 0.354 e. The molecule has 166 valence electrons. The molecule has 3 N–H and O–H groups in total. The lowest BCUT2D eigenvalue weighted by Gasteiger charge is -2.15. The molecule has 2 amide bonds. The van der Waals surface area contributed by atoms with Crippen LogP contribution in [-0.2, 0) is 35.7 Å². The van der Waals surface area contributed by atoms with Gasteiger partial charge in [0, 0.05) is 17.9 Å². The maximum Gasteiger partial charge on any atom is 0.354 e. The van der Waals surface area contributed by atoms with E-state index < -0.39 is 21.8 Å². The van der Waals surface area contributed by atoms with Crippen LogP contribution >= 0.6 is 0 Å². The number of urea groups is 1. The normalized spacial score (nSPS) is 19.1. The first kappa shape index (κ1) is 21.9. The quantitative estimate of drug-likeness (QED) is 0.748. The number of hydrogen-bond acceptors (Lipinski definition) is 4. The number of halogens is 1. The van der Waals surface area contributed by atoms with E-state index in [9.17, 15) is 13.4 Å². The second-order valence-electron chi connectivity index (χ2n) is 8.66. The molecule has 0 saturated carbocycles. The molecule has 7 nitrogen and oxygen atoms in total. The lowest BCUT2D eigenvalue weighted by Crippen LogP contribution is -2.20. The van der Waals surface area contributed by atoms with Gasteiger partial charge in [-0.25, -0.2) is 18.5 Å². The molecule has 0 bridgehead atoms. The molecular weight excluding hydrogens is 417 g/mol. The topological polar surface area (TPSA) is 101 Å². The minimum absolute atomic E-state index is 0.274. The number of nitrogens with one attached hydrogen (secondary N) is 1. The molecule has 2 aliphatic rings. The second kappa shape index (κ2) is 8.29. The van der Waals surface area contributed by atoms with Gasteiger partial charge in [-0.05, 0) is 80.9 Å². The van der Waals surface area contributed by atoms with Crippen molar-refractivity contribution in [3.8, 4) is 0 Å². The standard InChI is InChI=1S/C22H28FN5O2S/c1-13-7-9-16-20(13)25-18-6-4-5-15(18)21(16)26-22(29)27-31(24,30)19-10-8-14(11-17(19)23)12-28(2)3/h8,10-11,13H,4-7,9,12H2,1-3H3,(H3,24,25,26,27,29,30). The number of aromatic nitrogens is 1. The van der Waals surface area contributed by atoms with Gasteiger partial charge >= 0.3 is 6.03 Å². The number of nitrogens with zero attached hydrogens (tertiary/aromatic N) is 3. The molecular formula is C22H28FN5O2S. The summed E-state index contributed by atoms with van der Waals surface area (Å²) in [6.07, 6.45) is 4.50. The van der Waals surface area contributed by atoms with Crippen molar-refractivity contribution in [2.75, 3.05) is 19.4 Å². The molecule has 0 aliphatic heterocycles. The summed E-state index contributed by atoms with van der Waals surface area (Å²) in [6, 6.07) is 3.43. The Bertz CT molecular complexity index is 1170. The van der Waals surface area contributed by atoms with E-state index in [1.54, 1.807) is 6.07 Å². The Morgan fingerprint density at radius 2 is 2.10 bits per heavy atom. The summed E-state index contributed by atoms with van der Waals surface area (Å²) in [7, 11) is -0.00372. The molecule has 0 spiro atoms. The van der Waals surface area contributed by atoms with Gasteiger partial charge in [0.1, 0.15) is 15.7 Å². The maximum absolute atomic E-state index is 14.6. The van der Waals surface area contributed by atoms with Crippen molar-refractivity contribution in [2.45, 2.75) is 56.4 Å². The maximum atomic E-state index is 14.6. The first-order chi connectivity index (χ1) is 14.7. The van der Waals surface area contributed by atoms with Crippen LogP contribution in [0.2, 0.25) is 0 Å². The molecule has 2 atom stereocenters. The van der Waals surface area contributed by atoms with Crippen molar-refractivity contribution in [3.63, 3.8) is 0 Å². The van der Waals surface area contributed by atoms with Crippen LogP contribution < -0.4 is 10.5 Å². The smallest absolute Gasteiger partial charge is 0.305 e. The number of carbonyl (C=O) groups is 1. The lowest BCUT2D eigenvalue weighted by molar-refractivity contribution is 0.260. The fourth-order valence-corrected chi connectivity index (χ4v) is 5.49. The van der Waals surface area contributed by atoms with Crippen molar-refractivity contribution in [1.82, 2.24) is 9.88 Å². The number of benzene rings is 1. The van der Waals surface area contributed by atoms with E-state index in [0.29, 0.717) is 18.0 Å². The molecule has 0 saturated heterocycles. The molecule has 1 aromatic carbocycles. The predicted molar refractivity (Wildman–Crippen MR) is 119 cm³/mol. The van der Waals surface area contributed by atoms with E-state index in [0.717, 1.165) is 60.3 Å². The highest BCUT2D eigenvalue weighted by atomic mass is 32.2. The van der Waals surface area contributed by atoms with Crippen molar-refractivity contribution in [3.05, 3.63) is 52.1 Å². The number of amides is 2. The molecule has 2 aliphatic carbocycles. The highest BCUT2D eigenvalue weighted by Gasteiger charge is 2.30. The third-order valence-corrected chi connectivity index (χ3v) is 7.31. The van der Waals surface area contributed by atoms with E-state index in [1.807, 2.05) is 19.0 Å². The number of pyridine rings is 1.